The topological polar surface area (TPSA) is 41.1 Å². The number of hydrogen-bond acceptors (Lipinski definition) is 2. The van der Waals surface area contributed by atoms with E-state index in [4.69, 9.17) is 0 Å². The predicted molar refractivity (Wildman–Crippen MR) is 70.2 cm³/mol. The standard InChI is InChI=1S/C14H20N2O/c1-9-4-5-10(2)13(8-9)15-11(3)14(17)16-12-6-7-12/h4-5,8,11-12,15H,6-7H2,1-3H3,(H,16,17)/t11-/m1/s1. The lowest BCUT2D eigenvalue weighted by Gasteiger charge is -2.17. The summed E-state index contributed by atoms with van der Waals surface area (Å²) in [6, 6.07) is 6.47. The SMILES string of the molecule is Cc1ccc(C)c(N[C@H](C)C(=O)NC2CC2)c1. The molecule has 2 rings (SSSR count). The van der Waals surface area contributed by atoms with Gasteiger partial charge in [0.15, 0.2) is 0 Å². The third-order valence-electron chi connectivity index (χ3n) is 3.08. The van der Waals surface area contributed by atoms with Crippen LogP contribution in [0.4, 0.5) is 5.69 Å². The second-order valence-electron chi connectivity index (χ2n) is 4.97. The van der Waals surface area contributed by atoms with Gasteiger partial charge in [-0.2, -0.15) is 0 Å². The smallest absolute Gasteiger partial charge is 0.242 e. The lowest BCUT2D eigenvalue weighted by Crippen LogP contribution is -2.38. The first-order valence-corrected chi connectivity index (χ1v) is 6.20. The largest absolute Gasteiger partial charge is 0.374 e. The Morgan fingerprint density at radius 3 is 2.71 bits per heavy atom. The molecule has 1 aliphatic carbocycles. The molecule has 0 heterocycles. The molecule has 1 atom stereocenters. The molecule has 17 heavy (non-hydrogen) atoms. The Balaban J connectivity index is 1.98. The zero-order valence-corrected chi connectivity index (χ0v) is 10.7. The van der Waals surface area contributed by atoms with Gasteiger partial charge >= 0.3 is 0 Å². The van der Waals surface area contributed by atoms with Crippen LogP contribution in [0.25, 0.3) is 0 Å². The molecule has 1 aliphatic rings. The number of aryl methyl sites for hydroxylation is 2. The van der Waals surface area contributed by atoms with E-state index >= 15 is 0 Å². The van der Waals surface area contributed by atoms with Crippen LogP contribution in [0.1, 0.15) is 30.9 Å². The fraction of sp³-hybridized carbons (Fsp3) is 0.500. The van der Waals surface area contributed by atoms with Crippen LogP contribution in [-0.2, 0) is 4.79 Å². The van der Waals surface area contributed by atoms with E-state index in [-0.39, 0.29) is 11.9 Å². The summed E-state index contributed by atoms with van der Waals surface area (Å²) in [5.41, 5.74) is 3.41. The van der Waals surface area contributed by atoms with Gasteiger partial charge < -0.3 is 10.6 Å². The molecular weight excluding hydrogens is 212 g/mol. The molecule has 0 saturated heterocycles. The summed E-state index contributed by atoms with van der Waals surface area (Å²) < 4.78 is 0. The maximum Gasteiger partial charge on any atom is 0.242 e. The molecule has 3 heteroatoms. The van der Waals surface area contributed by atoms with Crippen molar-refractivity contribution in [3.63, 3.8) is 0 Å². The van der Waals surface area contributed by atoms with Gasteiger partial charge in [0.2, 0.25) is 5.91 Å². The van der Waals surface area contributed by atoms with Crippen molar-refractivity contribution in [3.8, 4) is 0 Å². The summed E-state index contributed by atoms with van der Waals surface area (Å²) in [7, 11) is 0. The molecule has 1 amide bonds. The summed E-state index contributed by atoms with van der Waals surface area (Å²) >= 11 is 0. The predicted octanol–water partition coefficient (Wildman–Crippen LogP) is 2.38. The maximum absolute atomic E-state index is 11.8. The second-order valence-corrected chi connectivity index (χ2v) is 4.97. The van der Waals surface area contributed by atoms with Gasteiger partial charge in [0.05, 0.1) is 0 Å². The van der Waals surface area contributed by atoms with Gasteiger partial charge in [0.25, 0.3) is 0 Å². The molecule has 0 aromatic heterocycles. The van der Waals surface area contributed by atoms with E-state index in [0.717, 1.165) is 18.5 Å². The highest BCUT2D eigenvalue weighted by atomic mass is 16.2. The van der Waals surface area contributed by atoms with E-state index in [1.54, 1.807) is 0 Å². The first-order valence-electron chi connectivity index (χ1n) is 6.20. The van der Waals surface area contributed by atoms with Crippen molar-refractivity contribution in [3.05, 3.63) is 29.3 Å². The Morgan fingerprint density at radius 2 is 2.06 bits per heavy atom. The Morgan fingerprint density at radius 1 is 1.35 bits per heavy atom. The third-order valence-corrected chi connectivity index (χ3v) is 3.08. The molecule has 1 saturated carbocycles. The quantitative estimate of drug-likeness (QED) is 0.837. The first kappa shape index (κ1) is 12.0. The number of rotatable bonds is 4. The number of amides is 1. The summed E-state index contributed by atoms with van der Waals surface area (Å²) in [5.74, 6) is 0.0911. The molecule has 0 radical (unpaired) electrons. The van der Waals surface area contributed by atoms with Crippen LogP contribution in [0, 0.1) is 13.8 Å². The lowest BCUT2D eigenvalue weighted by molar-refractivity contribution is -0.121. The fourth-order valence-corrected chi connectivity index (χ4v) is 1.74. The van der Waals surface area contributed by atoms with E-state index < -0.39 is 0 Å². The van der Waals surface area contributed by atoms with Crippen LogP contribution in [-0.4, -0.2) is 18.0 Å². The molecule has 0 unspecified atom stereocenters. The lowest BCUT2D eigenvalue weighted by atomic mass is 10.1. The minimum absolute atomic E-state index is 0.0911. The van der Waals surface area contributed by atoms with Gasteiger partial charge in [-0.25, -0.2) is 0 Å². The van der Waals surface area contributed by atoms with Crippen LogP contribution in [0.5, 0.6) is 0 Å². The van der Waals surface area contributed by atoms with E-state index in [0.29, 0.717) is 6.04 Å². The van der Waals surface area contributed by atoms with Gasteiger partial charge in [-0.05, 0) is 50.8 Å². The van der Waals surface area contributed by atoms with E-state index in [1.807, 2.05) is 13.8 Å². The first-order chi connectivity index (χ1) is 8.06. The summed E-state index contributed by atoms with van der Waals surface area (Å²) in [4.78, 5) is 11.8. The van der Waals surface area contributed by atoms with Crippen molar-refractivity contribution in [2.45, 2.75) is 45.7 Å². The van der Waals surface area contributed by atoms with Crippen LogP contribution in [0.15, 0.2) is 18.2 Å². The highest BCUT2D eigenvalue weighted by molar-refractivity contribution is 5.84. The molecule has 0 bridgehead atoms. The van der Waals surface area contributed by atoms with E-state index in [2.05, 4.69) is 35.8 Å². The van der Waals surface area contributed by atoms with Crippen LogP contribution in [0.3, 0.4) is 0 Å². The molecular formula is C14H20N2O. The molecule has 2 N–H and O–H groups in total. The Bertz CT molecular complexity index is 424. The third kappa shape index (κ3) is 3.22. The normalized spacial score (nSPS) is 16.4. The number of carbonyl (C=O) groups excluding carboxylic acids is 1. The van der Waals surface area contributed by atoms with Crippen LogP contribution in [0.2, 0.25) is 0 Å². The van der Waals surface area contributed by atoms with Gasteiger partial charge in [-0.3, -0.25) is 4.79 Å². The Hall–Kier alpha value is -1.51. The summed E-state index contributed by atoms with van der Waals surface area (Å²) in [6.45, 7) is 6.01. The van der Waals surface area contributed by atoms with Gasteiger partial charge in [0, 0.05) is 11.7 Å². The molecule has 92 valence electrons. The van der Waals surface area contributed by atoms with Crippen molar-refractivity contribution < 1.29 is 4.79 Å². The number of nitrogens with one attached hydrogen (secondary N) is 2. The van der Waals surface area contributed by atoms with Crippen molar-refractivity contribution in [2.24, 2.45) is 0 Å². The zero-order valence-electron chi connectivity index (χ0n) is 10.7. The van der Waals surface area contributed by atoms with Gasteiger partial charge in [-0.15, -0.1) is 0 Å². The Kier molecular flexibility index (Phi) is 3.36. The van der Waals surface area contributed by atoms with Gasteiger partial charge in [-0.1, -0.05) is 12.1 Å². The Labute approximate surface area is 103 Å². The fourth-order valence-electron chi connectivity index (χ4n) is 1.74. The van der Waals surface area contributed by atoms with Crippen LogP contribution < -0.4 is 10.6 Å². The molecule has 1 aromatic rings. The van der Waals surface area contributed by atoms with Gasteiger partial charge in [0.1, 0.15) is 6.04 Å². The minimum atomic E-state index is -0.184. The highest BCUT2D eigenvalue weighted by Crippen LogP contribution is 2.20. The second kappa shape index (κ2) is 4.78. The number of carbonyl (C=O) groups is 1. The van der Waals surface area contributed by atoms with Crippen molar-refractivity contribution in [2.75, 3.05) is 5.32 Å². The molecule has 0 aliphatic heterocycles. The van der Waals surface area contributed by atoms with E-state index in [1.165, 1.54) is 11.1 Å². The molecule has 3 nitrogen and oxygen atoms in total. The molecule has 1 aromatic carbocycles. The number of hydrogen-bond donors (Lipinski definition) is 2. The number of anilines is 1. The van der Waals surface area contributed by atoms with Crippen molar-refractivity contribution in [1.82, 2.24) is 5.32 Å². The summed E-state index contributed by atoms with van der Waals surface area (Å²) in [6.07, 6.45) is 2.25. The average Bonchev–Trinajstić information content (AvgIpc) is 3.07. The monoisotopic (exact) mass is 232 g/mol. The number of benzene rings is 1. The van der Waals surface area contributed by atoms with Crippen molar-refractivity contribution in [1.29, 1.82) is 0 Å². The van der Waals surface area contributed by atoms with Crippen LogP contribution >= 0.6 is 0 Å². The average molecular weight is 232 g/mol. The minimum Gasteiger partial charge on any atom is -0.374 e. The zero-order chi connectivity index (χ0) is 12.4. The highest BCUT2D eigenvalue weighted by Gasteiger charge is 2.25. The van der Waals surface area contributed by atoms with E-state index in [9.17, 15) is 4.79 Å². The summed E-state index contributed by atoms with van der Waals surface area (Å²) in [5, 5.41) is 6.28. The molecule has 1 fully saturated rings. The maximum atomic E-state index is 11.8. The molecule has 0 spiro atoms. The van der Waals surface area contributed by atoms with Crippen molar-refractivity contribution >= 4 is 11.6 Å².